The van der Waals surface area contributed by atoms with Crippen LogP contribution >= 0.6 is 0 Å². The third-order valence-corrected chi connectivity index (χ3v) is 5.43. The summed E-state index contributed by atoms with van der Waals surface area (Å²) in [7, 11) is 0. The molecule has 8 nitrogen and oxygen atoms in total. The highest BCUT2D eigenvalue weighted by atomic mass is 19.1. The molecular formula is C22H21FN6O2. The van der Waals surface area contributed by atoms with Crippen LogP contribution in [-0.2, 0) is 6.54 Å². The van der Waals surface area contributed by atoms with Gasteiger partial charge < -0.3 is 9.32 Å². The van der Waals surface area contributed by atoms with Crippen LogP contribution in [0.2, 0.25) is 0 Å². The molecule has 0 amide bonds. The third-order valence-electron chi connectivity index (χ3n) is 5.43. The first-order chi connectivity index (χ1) is 15.2. The summed E-state index contributed by atoms with van der Waals surface area (Å²) in [6.45, 7) is 4.33. The number of halogens is 1. The number of aromatic nitrogens is 4. The molecule has 0 atom stereocenters. The van der Waals surface area contributed by atoms with E-state index in [1.807, 2.05) is 12.1 Å². The number of hydrogen-bond acceptors (Lipinski definition) is 7. The van der Waals surface area contributed by atoms with Crippen LogP contribution in [0.3, 0.4) is 0 Å². The second kappa shape index (κ2) is 8.27. The summed E-state index contributed by atoms with van der Waals surface area (Å²) >= 11 is 0. The standard InChI is InChI=1S/C22H21FN6O2/c23-17-3-5-20-19(14-17)25-22(31-20)28-11-8-27(9-12-28)10-13-29-21(30)6-4-18(26-29)16-2-1-7-24-15-16/h1-7,14-15H,8-13H2. The summed E-state index contributed by atoms with van der Waals surface area (Å²) in [6, 6.07) is 11.9. The molecule has 0 bridgehead atoms. The fourth-order valence-corrected chi connectivity index (χ4v) is 3.70. The van der Waals surface area contributed by atoms with Crippen molar-refractivity contribution < 1.29 is 8.81 Å². The molecule has 0 aliphatic carbocycles. The largest absolute Gasteiger partial charge is 0.423 e. The normalized spacial score (nSPS) is 14.9. The van der Waals surface area contributed by atoms with Gasteiger partial charge in [-0.1, -0.05) is 0 Å². The molecule has 0 spiro atoms. The first kappa shape index (κ1) is 19.4. The number of fused-ring (bicyclic) bond motifs is 1. The van der Waals surface area contributed by atoms with Crippen molar-refractivity contribution in [3.05, 3.63) is 71.0 Å². The summed E-state index contributed by atoms with van der Waals surface area (Å²) in [5.74, 6) is -0.325. The maximum atomic E-state index is 13.4. The van der Waals surface area contributed by atoms with Gasteiger partial charge >= 0.3 is 0 Å². The Morgan fingerprint density at radius 2 is 1.90 bits per heavy atom. The summed E-state index contributed by atoms with van der Waals surface area (Å²) in [4.78, 5) is 25.1. The minimum absolute atomic E-state index is 0.120. The van der Waals surface area contributed by atoms with Gasteiger partial charge in [-0.3, -0.25) is 14.7 Å². The SMILES string of the molecule is O=c1ccc(-c2cccnc2)nn1CCN1CCN(c2nc3cc(F)ccc3o2)CC1. The number of anilines is 1. The summed E-state index contributed by atoms with van der Waals surface area (Å²) in [6.07, 6.45) is 3.44. The zero-order valence-corrected chi connectivity index (χ0v) is 16.8. The van der Waals surface area contributed by atoms with E-state index in [1.54, 1.807) is 30.6 Å². The highest BCUT2D eigenvalue weighted by Crippen LogP contribution is 2.23. The zero-order valence-electron chi connectivity index (χ0n) is 16.8. The molecule has 31 heavy (non-hydrogen) atoms. The van der Waals surface area contributed by atoms with Crippen LogP contribution in [0, 0.1) is 5.82 Å². The topological polar surface area (TPSA) is 80.3 Å². The van der Waals surface area contributed by atoms with Gasteiger partial charge in [0.1, 0.15) is 11.3 Å². The number of oxazole rings is 1. The Hall–Kier alpha value is -3.59. The molecule has 9 heteroatoms. The lowest BCUT2D eigenvalue weighted by Gasteiger charge is -2.33. The minimum Gasteiger partial charge on any atom is -0.423 e. The van der Waals surface area contributed by atoms with E-state index in [1.165, 1.54) is 16.8 Å². The van der Waals surface area contributed by atoms with E-state index in [4.69, 9.17) is 4.42 Å². The van der Waals surface area contributed by atoms with Crippen molar-refractivity contribution in [2.45, 2.75) is 6.54 Å². The van der Waals surface area contributed by atoms with Gasteiger partial charge in [0.2, 0.25) is 0 Å². The van der Waals surface area contributed by atoms with Crippen molar-refractivity contribution in [2.75, 3.05) is 37.6 Å². The van der Waals surface area contributed by atoms with Gasteiger partial charge in [-0.25, -0.2) is 9.07 Å². The number of pyridine rings is 1. The van der Waals surface area contributed by atoms with Crippen molar-refractivity contribution in [3.63, 3.8) is 0 Å². The number of nitrogens with zero attached hydrogens (tertiary/aromatic N) is 6. The van der Waals surface area contributed by atoms with Crippen molar-refractivity contribution >= 4 is 17.1 Å². The van der Waals surface area contributed by atoms with E-state index in [0.717, 1.165) is 44.0 Å². The Kier molecular flexibility index (Phi) is 5.17. The average molecular weight is 420 g/mol. The number of piperazine rings is 1. The van der Waals surface area contributed by atoms with E-state index in [9.17, 15) is 9.18 Å². The van der Waals surface area contributed by atoms with E-state index >= 15 is 0 Å². The van der Waals surface area contributed by atoms with Gasteiger partial charge in [-0.05, 0) is 30.3 Å². The minimum atomic E-state index is -0.325. The molecule has 1 saturated heterocycles. The number of benzene rings is 1. The van der Waals surface area contributed by atoms with Gasteiger partial charge in [0, 0.05) is 62.8 Å². The molecule has 0 saturated carbocycles. The van der Waals surface area contributed by atoms with Crippen LogP contribution < -0.4 is 10.5 Å². The van der Waals surface area contributed by atoms with Gasteiger partial charge in [-0.2, -0.15) is 10.1 Å². The average Bonchev–Trinajstić information content (AvgIpc) is 3.23. The first-order valence-corrected chi connectivity index (χ1v) is 10.2. The molecule has 4 aromatic rings. The molecule has 0 N–H and O–H groups in total. The van der Waals surface area contributed by atoms with Crippen molar-refractivity contribution in [1.82, 2.24) is 24.6 Å². The maximum absolute atomic E-state index is 13.4. The van der Waals surface area contributed by atoms with E-state index in [-0.39, 0.29) is 11.4 Å². The Morgan fingerprint density at radius 3 is 2.71 bits per heavy atom. The van der Waals surface area contributed by atoms with Crippen LogP contribution in [-0.4, -0.2) is 57.4 Å². The van der Waals surface area contributed by atoms with Gasteiger partial charge in [0.05, 0.1) is 12.2 Å². The molecule has 1 fully saturated rings. The third kappa shape index (κ3) is 4.17. The number of hydrogen-bond donors (Lipinski definition) is 0. The first-order valence-electron chi connectivity index (χ1n) is 10.2. The molecule has 4 heterocycles. The molecule has 1 aliphatic rings. The molecule has 158 valence electrons. The lowest BCUT2D eigenvalue weighted by molar-refractivity contribution is 0.239. The van der Waals surface area contributed by atoms with Gasteiger partial charge in [0.25, 0.3) is 11.6 Å². The zero-order chi connectivity index (χ0) is 21.2. The highest BCUT2D eigenvalue weighted by Gasteiger charge is 2.21. The van der Waals surface area contributed by atoms with Crippen LogP contribution in [0.25, 0.3) is 22.4 Å². The lowest BCUT2D eigenvalue weighted by atomic mass is 10.2. The Labute approximate surface area is 177 Å². The van der Waals surface area contributed by atoms with Crippen molar-refractivity contribution in [1.29, 1.82) is 0 Å². The predicted octanol–water partition coefficient (Wildman–Crippen LogP) is 2.41. The fraction of sp³-hybridized carbons (Fsp3) is 0.273. The molecule has 1 aliphatic heterocycles. The monoisotopic (exact) mass is 420 g/mol. The molecule has 0 unspecified atom stereocenters. The molecule has 3 aromatic heterocycles. The van der Waals surface area contributed by atoms with Gasteiger partial charge in [0.15, 0.2) is 5.58 Å². The van der Waals surface area contributed by atoms with Crippen molar-refractivity contribution in [2.24, 2.45) is 0 Å². The summed E-state index contributed by atoms with van der Waals surface area (Å²) < 4.78 is 20.7. The quantitative estimate of drug-likeness (QED) is 0.490. The van der Waals surface area contributed by atoms with E-state index in [2.05, 4.69) is 24.9 Å². The van der Waals surface area contributed by atoms with Crippen LogP contribution in [0.4, 0.5) is 10.4 Å². The Balaban J connectivity index is 1.21. The van der Waals surface area contributed by atoms with Gasteiger partial charge in [-0.15, -0.1) is 0 Å². The second-order valence-electron chi connectivity index (χ2n) is 7.46. The van der Waals surface area contributed by atoms with Crippen molar-refractivity contribution in [3.8, 4) is 11.3 Å². The lowest BCUT2D eigenvalue weighted by Crippen LogP contribution is -2.47. The number of rotatable bonds is 5. The fourth-order valence-electron chi connectivity index (χ4n) is 3.70. The summed E-state index contributed by atoms with van der Waals surface area (Å²) in [5.41, 5.74) is 2.59. The maximum Gasteiger partial charge on any atom is 0.298 e. The van der Waals surface area contributed by atoms with E-state index < -0.39 is 0 Å². The van der Waals surface area contributed by atoms with E-state index in [0.29, 0.717) is 23.7 Å². The molecular weight excluding hydrogens is 399 g/mol. The molecule has 1 aromatic carbocycles. The predicted molar refractivity (Wildman–Crippen MR) is 114 cm³/mol. The molecule has 0 radical (unpaired) electrons. The Bertz CT molecular complexity index is 1250. The second-order valence-corrected chi connectivity index (χ2v) is 7.46. The highest BCUT2D eigenvalue weighted by molar-refractivity contribution is 5.74. The summed E-state index contributed by atoms with van der Waals surface area (Å²) in [5, 5.41) is 4.49. The Morgan fingerprint density at radius 1 is 1.03 bits per heavy atom. The van der Waals surface area contributed by atoms with Crippen LogP contribution in [0.5, 0.6) is 0 Å². The van der Waals surface area contributed by atoms with Crippen LogP contribution in [0.1, 0.15) is 0 Å². The smallest absolute Gasteiger partial charge is 0.298 e. The van der Waals surface area contributed by atoms with Crippen LogP contribution in [0.15, 0.2) is 64.1 Å². The molecule has 5 rings (SSSR count).